The van der Waals surface area contributed by atoms with E-state index in [1.165, 1.54) is 25.1 Å². The third-order valence-electron chi connectivity index (χ3n) is 4.12. The molecule has 2 heterocycles. The number of thioether (sulfide) groups is 1. The molecule has 2 aliphatic rings. The summed E-state index contributed by atoms with van der Waals surface area (Å²) in [6.45, 7) is 4.01. The number of aliphatic imine (C=N–C) groups is 1. The van der Waals surface area contributed by atoms with Gasteiger partial charge >= 0.3 is 0 Å². The molecule has 1 saturated heterocycles. The summed E-state index contributed by atoms with van der Waals surface area (Å²) in [6.07, 6.45) is 6.85. The third-order valence-corrected chi connectivity index (χ3v) is 6.05. The lowest BCUT2D eigenvalue weighted by atomic mass is 10.0. The Morgan fingerprint density at radius 2 is 1.95 bits per heavy atom. The fourth-order valence-electron chi connectivity index (χ4n) is 2.98. The van der Waals surface area contributed by atoms with Gasteiger partial charge in [-0.25, -0.2) is 4.99 Å². The molecule has 0 bridgehead atoms. The molecule has 0 aromatic heterocycles. The minimum absolute atomic E-state index is 0.757. The molecule has 1 aromatic rings. The molecular weight excluding hydrogens is 311 g/mol. The second-order valence-electron chi connectivity index (χ2n) is 5.37. The smallest absolute Gasteiger partial charge is 0.105 e. The molecule has 0 spiro atoms. The van der Waals surface area contributed by atoms with Crippen molar-refractivity contribution < 1.29 is 0 Å². The van der Waals surface area contributed by atoms with Crippen LogP contribution in [-0.2, 0) is 6.54 Å². The zero-order valence-electron chi connectivity index (χ0n) is 11.8. The predicted octanol–water partition coefficient (Wildman–Crippen LogP) is 5.44. The van der Waals surface area contributed by atoms with Crippen LogP contribution in [0.3, 0.4) is 0 Å². The van der Waals surface area contributed by atoms with Crippen molar-refractivity contribution in [3.8, 4) is 0 Å². The molecule has 20 heavy (non-hydrogen) atoms. The van der Waals surface area contributed by atoms with Crippen LogP contribution in [-0.4, -0.2) is 23.5 Å². The van der Waals surface area contributed by atoms with Gasteiger partial charge in [0.25, 0.3) is 0 Å². The average Bonchev–Trinajstić information content (AvgIpc) is 2.68. The molecule has 0 amide bonds. The summed E-state index contributed by atoms with van der Waals surface area (Å²) < 4.78 is 0. The minimum Gasteiger partial charge on any atom is -0.356 e. The zero-order chi connectivity index (χ0) is 14.3. The van der Waals surface area contributed by atoms with Crippen LogP contribution in [0.5, 0.6) is 0 Å². The molecule has 1 fully saturated rings. The highest BCUT2D eigenvalue weighted by atomic mass is 35.5. The fourth-order valence-corrected chi connectivity index (χ4v) is 4.55. The van der Waals surface area contributed by atoms with Crippen molar-refractivity contribution >= 4 is 46.5 Å². The first-order valence-electron chi connectivity index (χ1n) is 7.00. The summed E-state index contributed by atoms with van der Waals surface area (Å²) in [7, 11) is 0. The normalized spacial score (nSPS) is 18.2. The van der Waals surface area contributed by atoms with E-state index in [-0.39, 0.29) is 0 Å². The topological polar surface area (TPSA) is 15.6 Å². The molecule has 2 nitrogen and oxygen atoms in total. The lowest BCUT2D eigenvalue weighted by Crippen LogP contribution is -2.32. The highest BCUT2D eigenvalue weighted by Gasteiger charge is 2.27. The molecule has 2 aliphatic heterocycles. The summed E-state index contributed by atoms with van der Waals surface area (Å²) in [5, 5.41) is 1.54. The van der Waals surface area contributed by atoms with Crippen LogP contribution in [0.4, 0.5) is 5.69 Å². The third kappa shape index (κ3) is 2.34. The first-order valence-corrected chi connectivity index (χ1v) is 8.98. The maximum absolute atomic E-state index is 6.57. The highest BCUT2D eigenvalue weighted by molar-refractivity contribution is 7.98. The summed E-state index contributed by atoms with van der Waals surface area (Å²) >= 11 is 14.6. The van der Waals surface area contributed by atoms with Crippen molar-refractivity contribution in [3.05, 3.63) is 21.2 Å². The second-order valence-corrected chi connectivity index (χ2v) is 6.95. The Morgan fingerprint density at radius 1 is 1.15 bits per heavy atom. The monoisotopic (exact) mass is 328 g/mol. The summed E-state index contributed by atoms with van der Waals surface area (Å²) in [5.41, 5.74) is 3.21. The van der Waals surface area contributed by atoms with Crippen LogP contribution < -0.4 is 0 Å². The largest absolute Gasteiger partial charge is 0.356 e. The molecule has 0 saturated carbocycles. The quantitative estimate of drug-likeness (QED) is 0.637. The fraction of sp³-hybridized carbons (Fsp3) is 0.533. The van der Waals surface area contributed by atoms with E-state index in [1.54, 1.807) is 11.8 Å². The van der Waals surface area contributed by atoms with Crippen molar-refractivity contribution in [2.75, 3.05) is 12.8 Å². The van der Waals surface area contributed by atoms with Crippen molar-refractivity contribution in [2.45, 2.75) is 44.0 Å². The van der Waals surface area contributed by atoms with Crippen molar-refractivity contribution in [1.82, 2.24) is 4.90 Å². The van der Waals surface area contributed by atoms with E-state index in [4.69, 9.17) is 28.2 Å². The predicted molar refractivity (Wildman–Crippen MR) is 89.0 cm³/mol. The Balaban J connectivity index is 2.16. The minimum atomic E-state index is 0.757. The number of amidine groups is 1. The van der Waals surface area contributed by atoms with Gasteiger partial charge < -0.3 is 4.90 Å². The van der Waals surface area contributed by atoms with E-state index in [9.17, 15) is 0 Å². The molecule has 0 atom stereocenters. The SMILES string of the molecule is CSc1c(Cl)c(C)c2c(c1Cl)CN1CCCCCC1=N2. The van der Waals surface area contributed by atoms with E-state index >= 15 is 0 Å². The van der Waals surface area contributed by atoms with Crippen LogP contribution in [0.1, 0.15) is 36.8 Å². The van der Waals surface area contributed by atoms with Crippen LogP contribution >= 0.6 is 35.0 Å². The first kappa shape index (κ1) is 14.6. The van der Waals surface area contributed by atoms with Gasteiger partial charge in [0.2, 0.25) is 0 Å². The molecule has 0 unspecified atom stereocenters. The van der Waals surface area contributed by atoms with Gasteiger partial charge in [0.05, 0.1) is 15.7 Å². The number of nitrogens with zero attached hydrogens (tertiary/aromatic N) is 2. The Morgan fingerprint density at radius 3 is 2.70 bits per heavy atom. The number of rotatable bonds is 1. The molecule has 1 aromatic carbocycles. The van der Waals surface area contributed by atoms with E-state index in [0.29, 0.717) is 0 Å². The van der Waals surface area contributed by atoms with Crippen LogP contribution in [0.2, 0.25) is 10.0 Å². The Kier molecular flexibility index (Phi) is 4.21. The Labute approximate surface area is 134 Å². The highest BCUT2D eigenvalue weighted by Crippen LogP contribution is 2.46. The summed E-state index contributed by atoms with van der Waals surface area (Å²) in [4.78, 5) is 8.26. The lowest BCUT2D eigenvalue weighted by molar-refractivity contribution is 0.403. The van der Waals surface area contributed by atoms with Crippen LogP contribution in [0, 0.1) is 6.92 Å². The maximum Gasteiger partial charge on any atom is 0.105 e. The van der Waals surface area contributed by atoms with Gasteiger partial charge in [0.15, 0.2) is 0 Å². The molecule has 3 rings (SSSR count). The van der Waals surface area contributed by atoms with Gasteiger partial charge in [-0.1, -0.05) is 29.6 Å². The van der Waals surface area contributed by atoms with Gasteiger partial charge in [-0.2, -0.15) is 0 Å². The van der Waals surface area contributed by atoms with Crippen molar-refractivity contribution in [1.29, 1.82) is 0 Å². The Hall–Kier alpha value is -0.380. The maximum atomic E-state index is 6.57. The van der Waals surface area contributed by atoms with Crippen molar-refractivity contribution in [2.24, 2.45) is 4.99 Å². The summed E-state index contributed by atoms with van der Waals surface area (Å²) in [6, 6.07) is 0. The number of halogens is 2. The van der Waals surface area contributed by atoms with E-state index in [1.807, 2.05) is 13.2 Å². The van der Waals surface area contributed by atoms with E-state index in [2.05, 4.69) is 4.90 Å². The number of hydrogen-bond acceptors (Lipinski definition) is 3. The molecule has 0 N–H and O–H groups in total. The first-order chi connectivity index (χ1) is 9.63. The van der Waals surface area contributed by atoms with Crippen LogP contribution in [0.25, 0.3) is 0 Å². The Bertz CT molecular complexity index is 584. The zero-order valence-corrected chi connectivity index (χ0v) is 14.1. The number of benzene rings is 1. The number of fused-ring (bicyclic) bond motifs is 2. The van der Waals surface area contributed by atoms with Gasteiger partial charge in [0, 0.05) is 30.0 Å². The summed E-state index contributed by atoms with van der Waals surface area (Å²) in [5.74, 6) is 1.21. The molecule has 0 radical (unpaired) electrons. The van der Waals surface area contributed by atoms with Gasteiger partial charge in [-0.3, -0.25) is 0 Å². The van der Waals surface area contributed by atoms with Gasteiger partial charge in [-0.15, -0.1) is 11.8 Å². The molecule has 0 aliphatic carbocycles. The average molecular weight is 329 g/mol. The van der Waals surface area contributed by atoms with Crippen LogP contribution in [0.15, 0.2) is 9.89 Å². The van der Waals surface area contributed by atoms with Gasteiger partial charge in [0.1, 0.15) is 5.84 Å². The van der Waals surface area contributed by atoms with E-state index in [0.717, 1.165) is 51.3 Å². The number of hydrogen-bond donors (Lipinski definition) is 0. The lowest BCUT2D eigenvalue weighted by Gasteiger charge is -2.31. The molecule has 108 valence electrons. The molecule has 5 heteroatoms. The van der Waals surface area contributed by atoms with Crippen molar-refractivity contribution in [3.63, 3.8) is 0 Å². The van der Waals surface area contributed by atoms with Gasteiger partial charge in [-0.05, 0) is 31.6 Å². The van der Waals surface area contributed by atoms with E-state index < -0.39 is 0 Å². The molecular formula is C15H18Cl2N2S. The second kappa shape index (κ2) is 5.78. The standard InChI is InChI=1S/C15H18Cl2N2S/c1-9-12(16)15(20-2)13(17)10-8-19-7-5-3-4-6-11(19)18-14(9)10/h3-8H2,1-2H3.